The molecular formula is C46H33N5. The van der Waals surface area contributed by atoms with Gasteiger partial charge in [-0.15, -0.1) is 0 Å². The first-order chi connectivity index (χ1) is 25.2. The van der Waals surface area contributed by atoms with E-state index in [9.17, 15) is 0 Å². The molecule has 0 saturated carbocycles. The first kappa shape index (κ1) is 30.3. The molecule has 0 saturated heterocycles. The summed E-state index contributed by atoms with van der Waals surface area (Å²) in [6.45, 7) is 2.24. The summed E-state index contributed by atoms with van der Waals surface area (Å²) in [4.78, 5) is 19.3. The Bertz CT molecular complexity index is 2610. The van der Waals surface area contributed by atoms with Gasteiger partial charge in [0.25, 0.3) is 0 Å². The molecule has 0 aliphatic rings. The zero-order valence-electron chi connectivity index (χ0n) is 28.1. The largest absolute Gasteiger partial charge is 0.294 e. The second kappa shape index (κ2) is 13.0. The van der Waals surface area contributed by atoms with E-state index in [0.29, 0.717) is 0 Å². The third-order valence-corrected chi connectivity index (χ3v) is 9.64. The Balaban J connectivity index is 1.23. The van der Waals surface area contributed by atoms with Crippen LogP contribution in [0.25, 0.3) is 72.7 Å². The number of aromatic nitrogens is 5. The standard InChI is InChI=1S/C46H33N5/c1-31-36(17-11-18-37(31)38-16-6-5-15-33(38)27-32-13-3-2-4-14-32)34-22-23-39-40-19-12-26-49-46(40)51(45(39)28-34)35-29-43(41-20-7-9-24-47-41)50-44(30-35)42-21-8-10-25-48-42/h2-26,28-30H,27H2,1H3. The number of nitrogens with zero attached hydrogens (tertiary/aromatic N) is 5. The van der Waals surface area contributed by atoms with Crippen molar-refractivity contribution >= 4 is 21.9 Å². The van der Waals surface area contributed by atoms with Crippen molar-refractivity contribution in [3.05, 3.63) is 187 Å². The molecule has 0 atom stereocenters. The lowest BCUT2D eigenvalue weighted by molar-refractivity contribution is 1.11. The van der Waals surface area contributed by atoms with Crippen molar-refractivity contribution in [1.82, 2.24) is 24.5 Å². The molecule has 0 aliphatic heterocycles. The summed E-state index contributed by atoms with van der Waals surface area (Å²) in [5.74, 6) is 0. The molecule has 5 heteroatoms. The summed E-state index contributed by atoms with van der Waals surface area (Å²) < 4.78 is 2.25. The van der Waals surface area contributed by atoms with Crippen LogP contribution >= 0.6 is 0 Å². The van der Waals surface area contributed by atoms with Gasteiger partial charge in [-0.05, 0) is 107 Å². The highest BCUT2D eigenvalue weighted by Crippen LogP contribution is 2.38. The number of rotatable bonds is 7. The highest BCUT2D eigenvalue weighted by atomic mass is 15.0. The van der Waals surface area contributed by atoms with E-state index in [1.807, 2.05) is 48.7 Å². The molecule has 5 heterocycles. The van der Waals surface area contributed by atoms with Crippen LogP contribution in [0.1, 0.15) is 16.7 Å². The SMILES string of the molecule is Cc1c(-c2ccc3c4cccnc4n(-c4cc(-c5ccccn5)nc(-c5ccccn5)c4)c3c2)cccc1-c1ccccc1Cc1ccccc1. The Morgan fingerprint density at radius 2 is 1.16 bits per heavy atom. The lowest BCUT2D eigenvalue weighted by Gasteiger charge is -2.16. The molecule has 0 amide bonds. The van der Waals surface area contributed by atoms with Gasteiger partial charge >= 0.3 is 0 Å². The van der Waals surface area contributed by atoms with Gasteiger partial charge in [0.1, 0.15) is 5.65 Å². The van der Waals surface area contributed by atoms with Crippen molar-refractivity contribution in [3.8, 4) is 50.7 Å². The number of fused-ring (bicyclic) bond motifs is 3. The van der Waals surface area contributed by atoms with Crippen LogP contribution in [0.2, 0.25) is 0 Å². The van der Waals surface area contributed by atoms with E-state index in [2.05, 4.69) is 131 Å². The summed E-state index contributed by atoms with van der Waals surface area (Å²) in [5, 5.41) is 2.23. The van der Waals surface area contributed by atoms with Crippen LogP contribution < -0.4 is 0 Å². The van der Waals surface area contributed by atoms with E-state index < -0.39 is 0 Å². The molecule has 51 heavy (non-hydrogen) atoms. The number of pyridine rings is 4. The first-order valence-corrected chi connectivity index (χ1v) is 17.2. The second-order valence-electron chi connectivity index (χ2n) is 12.8. The van der Waals surface area contributed by atoms with Crippen LogP contribution in [0.15, 0.2) is 170 Å². The fraction of sp³-hybridized carbons (Fsp3) is 0.0435. The fourth-order valence-corrected chi connectivity index (χ4v) is 7.20. The predicted molar refractivity (Wildman–Crippen MR) is 208 cm³/mol. The summed E-state index contributed by atoms with van der Waals surface area (Å²) >= 11 is 0. The Kier molecular flexibility index (Phi) is 7.71. The average Bonchev–Trinajstić information content (AvgIpc) is 3.53. The molecule has 0 radical (unpaired) electrons. The van der Waals surface area contributed by atoms with E-state index in [1.165, 1.54) is 33.4 Å². The highest BCUT2D eigenvalue weighted by molar-refractivity contribution is 6.09. The van der Waals surface area contributed by atoms with E-state index in [1.54, 1.807) is 12.4 Å². The average molecular weight is 656 g/mol. The maximum Gasteiger partial charge on any atom is 0.145 e. The minimum Gasteiger partial charge on any atom is -0.294 e. The Morgan fingerprint density at radius 3 is 1.90 bits per heavy atom. The van der Waals surface area contributed by atoms with E-state index >= 15 is 0 Å². The van der Waals surface area contributed by atoms with Crippen LogP contribution in [-0.2, 0) is 6.42 Å². The minimum atomic E-state index is 0.772. The molecule has 5 aromatic heterocycles. The van der Waals surface area contributed by atoms with Gasteiger partial charge in [0, 0.05) is 29.4 Å². The summed E-state index contributed by atoms with van der Waals surface area (Å²) in [7, 11) is 0. The van der Waals surface area contributed by atoms with E-state index in [0.717, 1.165) is 62.4 Å². The lowest BCUT2D eigenvalue weighted by atomic mass is 9.89. The maximum atomic E-state index is 5.03. The van der Waals surface area contributed by atoms with Crippen molar-refractivity contribution in [2.75, 3.05) is 0 Å². The molecule has 0 spiro atoms. The molecule has 0 N–H and O–H groups in total. The third-order valence-electron chi connectivity index (χ3n) is 9.64. The number of hydrogen-bond donors (Lipinski definition) is 0. The van der Waals surface area contributed by atoms with Crippen LogP contribution in [0.3, 0.4) is 0 Å². The topological polar surface area (TPSA) is 56.5 Å². The van der Waals surface area contributed by atoms with E-state index in [-0.39, 0.29) is 0 Å². The van der Waals surface area contributed by atoms with Crippen molar-refractivity contribution in [1.29, 1.82) is 0 Å². The zero-order valence-corrected chi connectivity index (χ0v) is 28.1. The van der Waals surface area contributed by atoms with Gasteiger partial charge in [-0.25, -0.2) is 9.97 Å². The molecule has 9 rings (SSSR count). The normalized spacial score (nSPS) is 11.3. The monoisotopic (exact) mass is 655 g/mol. The van der Waals surface area contributed by atoms with Crippen LogP contribution in [-0.4, -0.2) is 24.5 Å². The third kappa shape index (κ3) is 5.65. The molecule has 5 nitrogen and oxygen atoms in total. The first-order valence-electron chi connectivity index (χ1n) is 17.2. The van der Waals surface area contributed by atoms with Crippen molar-refractivity contribution in [2.24, 2.45) is 0 Å². The molecule has 242 valence electrons. The quantitative estimate of drug-likeness (QED) is 0.171. The Hall–Kier alpha value is -6.72. The van der Waals surface area contributed by atoms with Crippen molar-refractivity contribution in [3.63, 3.8) is 0 Å². The Morgan fingerprint density at radius 1 is 0.490 bits per heavy atom. The number of benzene rings is 4. The summed E-state index contributed by atoms with van der Waals surface area (Å²) in [5.41, 5.74) is 14.8. The molecule has 9 aromatic rings. The zero-order chi connectivity index (χ0) is 34.1. The van der Waals surface area contributed by atoms with E-state index in [4.69, 9.17) is 9.97 Å². The molecular weight excluding hydrogens is 623 g/mol. The molecule has 0 aliphatic carbocycles. The van der Waals surface area contributed by atoms with Gasteiger partial charge < -0.3 is 0 Å². The summed E-state index contributed by atoms with van der Waals surface area (Å²) in [6, 6.07) is 53.1. The van der Waals surface area contributed by atoms with Crippen molar-refractivity contribution in [2.45, 2.75) is 13.3 Å². The fourth-order valence-electron chi connectivity index (χ4n) is 7.20. The van der Waals surface area contributed by atoms with Crippen LogP contribution in [0.5, 0.6) is 0 Å². The lowest BCUT2D eigenvalue weighted by Crippen LogP contribution is -2.00. The second-order valence-corrected chi connectivity index (χ2v) is 12.8. The Labute approximate surface area is 296 Å². The molecule has 0 unspecified atom stereocenters. The summed E-state index contributed by atoms with van der Waals surface area (Å²) in [6.07, 6.45) is 6.34. The van der Waals surface area contributed by atoms with Crippen molar-refractivity contribution < 1.29 is 0 Å². The highest BCUT2D eigenvalue weighted by Gasteiger charge is 2.19. The smallest absolute Gasteiger partial charge is 0.145 e. The van der Waals surface area contributed by atoms with Crippen LogP contribution in [0, 0.1) is 6.92 Å². The van der Waals surface area contributed by atoms with Crippen LogP contribution in [0.4, 0.5) is 0 Å². The van der Waals surface area contributed by atoms with Gasteiger partial charge in [0.2, 0.25) is 0 Å². The van der Waals surface area contributed by atoms with Gasteiger partial charge in [0.05, 0.1) is 34.0 Å². The maximum absolute atomic E-state index is 5.03. The minimum absolute atomic E-state index is 0.772. The van der Waals surface area contributed by atoms with Gasteiger partial charge in [-0.1, -0.05) is 97.1 Å². The van der Waals surface area contributed by atoms with Gasteiger partial charge in [0.15, 0.2) is 0 Å². The van der Waals surface area contributed by atoms with Gasteiger partial charge in [-0.2, -0.15) is 0 Å². The molecule has 4 aromatic carbocycles. The predicted octanol–water partition coefficient (Wildman–Crippen LogP) is 10.9. The molecule has 0 fully saturated rings. The molecule has 0 bridgehead atoms. The van der Waals surface area contributed by atoms with Gasteiger partial charge in [-0.3, -0.25) is 14.5 Å². The number of hydrogen-bond acceptors (Lipinski definition) is 4.